The van der Waals surface area contributed by atoms with Crippen LogP contribution in [0.1, 0.15) is 38.9 Å². The lowest BCUT2D eigenvalue weighted by Crippen LogP contribution is -2.19. The summed E-state index contributed by atoms with van der Waals surface area (Å²) < 4.78 is 2.32. The smallest absolute Gasteiger partial charge is 0.123 e. The number of aliphatic hydroxyl groups excluding tert-OH is 1. The van der Waals surface area contributed by atoms with Gasteiger partial charge in [-0.15, -0.1) is 0 Å². The second kappa shape index (κ2) is 8.15. The fourth-order valence-corrected chi connectivity index (χ4v) is 2.60. The Labute approximate surface area is 127 Å². The fourth-order valence-electron chi connectivity index (χ4n) is 2.60. The van der Waals surface area contributed by atoms with Crippen LogP contribution in [0.2, 0.25) is 0 Å². The summed E-state index contributed by atoms with van der Waals surface area (Å²) >= 11 is 0. The van der Waals surface area contributed by atoms with Gasteiger partial charge < -0.3 is 15.0 Å². The van der Waals surface area contributed by atoms with Gasteiger partial charge in [-0.25, -0.2) is 4.98 Å². The van der Waals surface area contributed by atoms with Crippen LogP contribution in [0.4, 0.5) is 0 Å². The van der Waals surface area contributed by atoms with Crippen LogP contribution in [-0.2, 0) is 13.1 Å². The van der Waals surface area contributed by atoms with Crippen LogP contribution in [0.25, 0.3) is 11.0 Å². The molecule has 0 saturated carbocycles. The molecule has 21 heavy (non-hydrogen) atoms. The number of aliphatic hydroxyl groups is 1. The Kier molecular flexibility index (Phi) is 6.21. The van der Waals surface area contributed by atoms with E-state index in [9.17, 15) is 0 Å². The van der Waals surface area contributed by atoms with E-state index >= 15 is 0 Å². The number of fused-ring (bicyclic) bond motifs is 1. The zero-order valence-corrected chi connectivity index (χ0v) is 13.2. The molecule has 0 bridgehead atoms. The van der Waals surface area contributed by atoms with Gasteiger partial charge in [-0.3, -0.25) is 0 Å². The van der Waals surface area contributed by atoms with Crippen molar-refractivity contribution < 1.29 is 5.11 Å². The summed E-state index contributed by atoms with van der Waals surface area (Å²) in [5.41, 5.74) is 2.31. The van der Waals surface area contributed by atoms with Crippen molar-refractivity contribution in [2.24, 2.45) is 5.92 Å². The molecule has 2 rings (SSSR count). The minimum Gasteiger partial charge on any atom is -0.396 e. The first kappa shape index (κ1) is 16.0. The number of nitrogens with one attached hydrogen (secondary N) is 1. The molecule has 1 atom stereocenters. The molecule has 2 N–H and O–H groups in total. The summed E-state index contributed by atoms with van der Waals surface area (Å²) in [4.78, 5) is 4.74. The molecule has 1 heterocycles. The van der Waals surface area contributed by atoms with Crippen molar-refractivity contribution in [1.29, 1.82) is 0 Å². The standard InChI is InChI=1S/C17H27N3O/c1-3-11-20-16-9-5-4-8-15(16)19-17(20)12-18-10-6-7-14(2)13-21/h4-5,8-9,14,18,21H,3,6-7,10-13H2,1-2H3. The quantitative estimate of drug-likeness (QED) is 0.698. The number of imidazole rings is 1. The average Bonchev–Trinajstić information content (AvgIpc) is 2.85. The van der Waals surface area contributed by atoms with Crippen molar-refractivity contribution in [3.63, 3.8) is 0 Å². The fraction of sp³-hybridized carbons (Fsp3) is 0.588. The molecule has 0 fully saturated rings. The molecular formula is C17H27N3O. The van der Waals surface area contributed by atoms with Crippen LogP contribution in [0, 0.1) is 5.92 Å². The zero-order chi connectivity index (χ0) is 15.1. The highest BCUT2D eigenvalue weighted by Crippen LogP contribution is 2.16. The predicted molar refractivity (Wildman–Crippen MR) is 87.2 cm³/mol. The molecule has 2 aromatic rings. The third-order valence-electron chi connectivity index (χ3n) is 3.83. The van der Waals surface area contributed by atoms with Gasteiger partial charge >= 0.3 is 0 Å². The number of nitrogens with zero attached hydrogens (tertiary/aromatic N) is 2. The largest absolute Gasteiger partial charge is 0.396 e. The molecule has 0 saturated heterocycles. The first-order valence-electron chi connectivity index (χ1n) is 8.02. The van der Waals surface area contributed by atoms with E-state index in [-0.39, 0.29) is 6.61 Å². The minimum absolute atomic E-state index is 0.284. The normalized spacial score (nSPS) is 12.9. The van der Waals surface area contributed by atoms with Gasteiger partial charge in [0.2, 0.25) is 0 Å². The summed E-state index contributed by atoms with van der Waals surface area (Å²) in [6, 6.07) is 8.33. The molecule has 4 nitrogen and oxygen atoms in total. The first-order valence-corrected chi connectivity index (χ1v) is 8.02. The Balaban J connectivity index is 1.93. The second-order valence-electron chi connectivity index (χ2n) is 5.78. The minimum atomic E-state index is 0.284. The van der Waals surface area contributed by atoms with E-state index in [1.807, 2.05) is 6.07 Å². The molecule has 0 aliphatic heterocycles. The topological polar surface area (TPSA) is 50.1 Å². The molecular weight excluding hydrogens is 262 g/mol. The van der Waals surface area contributed by atoms with E-state index in [1.54, 1.807) is 0 Å². The molecule has 0 radical (unpaired) electrons. The van der Waals surface area contributed by atoms with E-state index in [1.165, 1.54) is 5.52 Å². The maximum absolute atomic E-state index is 9.01. The number of aromatic nitrogens is 2. The molecule has 0 aliphatic rings. The summed E-state index contributed by atoms with van der Waals surface area (Å²) in [6.45, 7) is 7.36. The van der Waals surface area contributed by atoms with Crippen molar-refractivity contribution in [2.75, 3.05) is 13.2 Å². The van der Waals surface area contributed by atoms with Gasteiger partial charge in [0.05, 0.1) is 17.6 Å². The Morgan fingerprint density at radius 2 is 2.14 bits per heavy atom. The van der Waals surface area contributed by atoms with Crippen LogP contribution >= 0.6 is 0 Å². The van der Waals surface area contributed by atoms with Crippen molar-refractivity contribution >= 4 is 11.0 Å². The van der Waals surface area contributed by atoms with Crippen LogP contribution < -0.4 is 5.32 Å². The lowest BCUT2D eigenvalue weighted by Gasteiger charge is -2.10. The van der Waals surface area contributed by atoms with E-state index in [4.69, 9.17) is 10.1 Å². The molecule has 0 spiro atoms. The van der Waals surface area contributed by atoms with Gasteiger partial charge in [-0.1, -0.05) is 26.0 Å². The Morgan fingerprint density at radius 3 is 2.90 bits per heavy atom. The van der Waals surface area contributed by atoms with E-state index < -0.39 is 0 Å². The Hall–Kier alpha value is -1.39. The van der Waals surface area contributed by atoms with Crippen molar-refractivity contribution in [3.05, 3.63) is 30.1 Å². The predicted octanol–water partition coefficient (Wildman–Crippen LogP) is 2.94. The van der Waals surface area contributed by atoms with Gasteiger partial charge in [-0.2, -0.15) is 0 Å². The molecule has 1 aromatic heterocycles. The molecule has 1 aromatic carbocycles. The Morgan fingerprint density at radius 1 is 1.33 bits per heavy atom. The lowest BCUT2D eigenvalue weighted by molar-refractivity contribution is 0.228. The number of hydrogen-bond acceptors (Lipinski definition) is 3. The molecule has 116 valence electrons. The van der Waals surface area contributed by atoms with E-state index in [0.717, 1.165) is 50.2 Å². The molecule has 0 amide bonds. The average molecular weight is 289 g/mol. The lowest BCUT2D eigenvalue weighted by atomic mass is 10.1. The maximum atomic E-state index is 9.01. The van der Waals surface area contributed by atoms with Crippen molar-refractivity contribution in [1.82, 2.24) is 14.9 Å². The van der Waals surface area contributed by atoms with Crippen molar-refractivity contribution in [3.8, 4) is 0 Å². The first-order chi connectivity index (χ1) is 10.3. The van der Waals surface area contributed by atoms with Crippen LogP contribution in [0.3, 0.4) is 0 Å². The highest BCUT2D eigenvalue weighted by molar-refractivity contribution is 5.75. The monoisotopic (exact) mass is 289 g/mol. The van der Waals surface area contributed by atoms with Gasteiger partial charge in [0.25, 0.3) is 0 Å². The SMILES string of the molecule is CCCn1c(CNCCCC(C)CO)nc2ccccc21. The third kappa shape index (κ3) is 4.29. The number of hydrogen-bond donors (Lipinski definition) is 2. The summed E-state index contributed by atoms with van der Waals surface area (Å²) in [5, 5.41) is 12.5. The molecule has 1 unspecified atom stereocenters. The van der Waals surface area contributed by atoms with E-state index in [0.29, 0.717) is 5.92 Å². The molecule has 0 aliphatic carbocycles. The molecule has 4 heteroatoms. The summed E-state index contributed by atoms with van der Waals surface area (Å²) in [5.74, 6) is 1.52. The number of para-hydroxylation sites is 2. The summed E-state index contributed by atoms with van der Waals surface area (Å²) in [6.07, 6.45) is 3.27. The highest BCUT2D eigenvalue weighted by Gasteiger charge is 2.09. The second-order valence-corrected chi connectivity index (χ2v) is 5.78. The van der Waals surface area contributed by atoms with Gasteiger partial charge in [0, 0.05) is 13.2 Å². The van der Waals surface area contributed by atoms with Crippen LogP contribution in [0.5, 0.6) is 0 Å². The van der Waals surface area contributed by atoms with Gasteiger partial charge in [0.15, 0.2) is 0 Å². The van der Waals surface area contributed by atoms with Crippen LogP contribution in [-0.4, -0.2) is 27.8 Å². The zero-order valence-electron chi connectivity index (χ0n) is 13.2. The van der Waals surface area contributed by atoms with Crippen LogP contribution in [0.15, 0.2) is 24.3 Å². The van der Waals surface area contributed by atoms with Gasteiger partial charge in [0.1, 0.15) is 5.82 Å². The number of rotatable bonds is 9. The van der Waals surface area contributed by atoms with E-state index in [2.05, 4.69) is 41.9 Å². The maximum Gasteiger partial charge on any atom is 0.123 e. The number of benzene rings is 1. The number of aryl methyl sites for hydroxylation is 1. The Bertz CT molecular complexity index is 550. The summed E-state index contributed by atoms with van der Waals surface area (Å²) in [7, 11) is 0. The highest BCUT2D eigenvalue weighted by atomic mass is 16.3. The van der Waals surface area contributed by atoms with Crippen molar-refractivity contribution in [2.45, 2.75) is 46.2 Å². The third-order valence-corrected chi connectivity index (χ3v) is 3.83. The van der Waals surface area contributed by atoms with Gasteiger partial charge in [-0.05, 0) is 43.9 Å².